The van der Waals surface area contributed by atoms with Crippen LogP contribution in [0, 0.1) is 14.4 Å². The van der Waals surface area contributed by atoms with Crippen LogP contribution in [0.5, 0.6) is 0 Å². The number of amides is 2. The van der Waals surface area contributed by atoms with Gasteiger partial charge in [0.2, 0.25) is 0 Å². The van der Waals surface area contributed by atoms with E-state index in [1.165, 1.54) is 0 Å². The summed E-state index contributed by atoms with van der Waals surface area (Å²) < 4.78 is 0. The molecule has 0 aliphatic heterocycles. The van der Waals surface area contributed by atoms with Gasteiger partial charge < -0.3 is 25.0 Å². The first-order valence-corrected chi connectivity index (χ1v) is 2.06. The van der Waals surface area contributed by atoms with Gasteiger partial charge in [0.25, 0.3) is 0 Å². The molecule has 0 aromatic rings. The van der Waals surface area contributed by atoms with E-state index < -0.39 is 0 Å². The summed E-state index contributed by atoms with van der Waals surface area (Å²) in [6.45, 7) is 3.83. The summed E-state index contributed by atoms with van der Waals surface area (Å²) in [5.74, 6) is 0. The zero-order valence-corrected chi connectivity index (χ0v) is 8.74. The Morgan fingerprint density at radius 2 is 2.11 bits per heavy atom. The predicted octanol–water partition coefficient (Wildman–Crippen LogP) is 0.197. The van der Waals surface area contributed by atoms with E-state index in [2.05, 4.69) is 17.6 Å². The molecule has 4 heteroatoms. The molecule has 0 saturated carbocycles. The Labute approximate surface area is 81.8 Å². The van der Waals surface area contributed by atoms with Gasteiger partial charge in [0.1, 0.15) is 0 Å². The first kappa shape index (κ1) is 16.2. The van der Waals surface area contributed by atoms with Crippen molar-refractivity contribution in [2.45, 2.75) is 0 Å². The molecule has 0 fully saturated rings. The van der Waals surface area contributed by atoms with Gasteiger partial charge in [0.15, 0.2) is 0 Å². The fourth-order valence-electron chi connectivity index (χ4n) is 0.202. The summed E-state index contributed by atoms with van der Waals surface area (Å²) >= 11 is 0. The Morgan fingerprint density at radius 1 is 1.67 bits per heavy atom. The van der Waals surface area contributed by atoms with Gasteiger partial charge in [-0.15, -0.1) is 6.54 Å². The van der Waals surface area contributed by atoms with Gasteiger partial charge in [0, 0.05) is 7.05 Å². The number of nitrogens with one attached hydrogen (secondary N) is 2. The molecule has 0 bridgehead atoms. The van der Waals surface area contributed by atoms with Crippen LogP contribution in [-0.2, 0) is 32.7 Å². The number of rotatable bonds is 1. The number of urea groups is 1. The van der Waals surface area contributed by atoms with Crippen LogP contribution in [0.15, 0.2) is 0 Å². The SMILES string of the molecule is [CH2-]CNC(=O)NC.[CH3-].[Y+3]. The normalized spacial score (nSPS) is 6.00. The van der Waals surface area contributed by atoms with Crippen LogP contribution in [0.25, 0.3) is 0 Å². The number of hydrogen-bond acceptors (Lipinski definition) is 1. The van der Waals surface area contributed by atoms with E-state index in [0.29, 0.717) is 6.54 Å². The van der Waals surface area contributed by atoms with E-state index in [9.17, 15) is 4.79 Å². The van der Waals surface area contributed by atoms with Crippen molar-refractivity contribution in [1.82, 2.24) is 10.6 Å². The molecule has 0 spiro atoms. The molecule has 0 saturated heterocycles. The maximum absolute atomic E-state index is 10.1. The third-order valence-electron chi connectivity index (χ3n) is 0.513. The molecule has 3 nitrogen and oxygen atoms in total. The Morgan fingerprint density at radius 3 is 2.22 bits per heavy atom. The van der Waals surface area contributed by atoms with Crippen molar-refractivity contribution in [3.05, 3.63) is 14.4 Å². The Hall–Kier alpha value is 0.374. The molecule has 50 valence electrons. The van der Waals surface area contributed by atoms with Crippen molar-refractivity contribution < 1.29 is 37.5 Å². The van der Waals surface area contributed by atoms with Crippen molar-refractivity contribution >= 4 is 6.03 Å². The van der Waals surface area contributed by atoms with E-state index in [-0.39, 0.29) is 46.2 Å². The third kappa shape index (κ3) is 11.8. The predicted molar refractivity (Wildman–Crippen MR) is 34.2 cm³/mol. The standard InChI is InChI=1S/C4H9N2O.CH3.Y/c1-3-6-4(7)5-2;;/h1,3H2,2H3,(H2,5,6,7);1H3;/q2*-1;+3. The van der Waals surface area contributed by atoms with Gasteiger partial charge in [-0.05, 0) is 0 Å². The summed E-state index contributed by atoms with van der Waals surface area (Å²) in [7, 11) is 1.56. The summed E-state index contributed by atoms with van der Waals surface area (Å²) in [4.78, 5) is 10.1. The second kappa shape index (κ2) is 11.2. The van der Waals surface area contributed by atoms with Crippen LogP contribution in [0.3, 0.4) is 0 Å². The van der Waals surface area contributed by atoms with E-state index in [1.54, 1.807) is 7.05 Å². The summed E-state index contributed by atoms with van der Waals surface area (Å²) in [5, 5.41) is 4.81. The fourth-order valence-corrected chi connectivity index (χ4v) is 0.202. The van der Waals surface area contributed by atoms with E-state index in [1.807, 2.05) is 0 Å². The van der Waals surface area contributed by atoms with Crippen LogP contribution >= 0.6 is 0 Å². The van der Waals surface area contributed by atoms with E-state index in [4.69, 9.17) is 0 Å². The summed E-state index contributed by atoms with van der Waals surface area (Å²) in [6, 6.07) is -0.185. The topological polar surface area (TPSA) is 41.1 Å². The first-order chi connectivity index (χ1) is 3.31. The van der Waals surface area contributed by atoms with Crippen molar-refractivity contribution in [2.24, 2.45) is 0 Å². The van der Waals surface area contributed by atoms with Gasteiger partial charge in [-0.1, -0.05) is 0 Å². The van der Waals surface area contributed by atoms with E-state index >= 15 is 0 Å². The molecule has 0 radical (unpaired) electrons. The Bertz CT molecular complexity index is 68.0. The van der Waals surface area contributed by atoms with Crippen LogP contribution < -0.4 is 10.6 Å². The molecule has 0 aliphatic rings. The second-order valence-electron chi connectivity index (χ2n) is 1.01. The van der Waals surface area contributed by atoms with Crippen LogP contribution in [0.2, 0.25) is 0 Å². The minimum absolute atomic E-state index is 0. The van der Waals surface area contributed by atoms with Crippen molar-refractivity contribution in [2.75, 3.05) is 13.6 Å². The number of carbonyl (C=O) groups is 1. The molecule has 0 unspecified atom stereocenters. The molecular formula is C5H12N2OY+. The van der Waals surface area contributed by atoms with Crippen LogP contribution in [-0.4, -0.2) is 19.6 Å². The van der Waals surface area contributed by atoms with Crippen LogP contribution in [0.4, 0.5) is 4.79 Å². The first-order valence-electron chi connectivity index (χ1n) is 2.06. The minimum Gasteiger partial charge on any atom is -0.368 e. The zero-order chi connectivity index (χ0) is 5.70. The second-order valence-corrected chi connectivity index (χ2v) is 1.01. The molecule has 0 rings (SSSR count). The fraction of sp³-hybridized carbons (Fsp3) is 0.400. The zero-order valence-electron chi connectivity index (χ0n) is 5.90. The summed E-state index contributed by atoms with van der Waals surface area (Å²) in [6.07, 6.45) is 0. The maximum atomic E-state index is 10.1. The molecule has 0 atom stereocenters. The average molecular weight is 205 g/mol. The van der Waals surface area contributed by atoms with Gasteiger partial charge in [-0.3, -0.25) is 0 Å². The summed E-state index contributed by atoms with van der Waals surface area (Å²) in [5.41, 5.74) is 0. The Balaban J connectivity index is -0.000000180. The van der Waals surface area contributed by atoms with Crippen molar-refractivity contribution in [1.29, 1.82) is 0 Å². The van der Waals surface area contributed by atoms with Gasteiger partial charge in [0.05, 0.1) is 0 Å². The largest absolute Gasteiger partial charge is 3.00 e. The maximum Gasteiger partial charge on any atom is 3.00 e. The van der Waals surface area contributed by atoms with Crippen molar-refractivity contribution in [3.63, 3.8) is 0 Å². The smallest absolute Gasteiger partial charge is 0.368 e. The van der Waals surface area contributed by atoms with Crippen molar-refractivity contribution in [3.8, 4) is 0 Å². The number of hydrogen-bond donors (Lipinski definition) is 2. The van der Waals surface area contributed by atoms with Gasteiger partial charge >= 0.3 is 38.7 Å². The molecule has 9 heavy (non-hydrogen) atoms. The third-order valence-corrected chi connectivity index (χ3v) is 0.513. The molecule has 2 amide bonds. The average Bonchev–Trinajstić information content (AvgIpc) is 1.68. The molecule has 2 N–H and O–H groups in total. The van der Waals surface area contributed by atoms with E-state index in [0.717, 1.165) is 0 Å². The molecular weight excluding hydrogens is 193 g/mol. The minimum atomic E-state index is -0.185. The quantitative estimate of drug-likeness (QED) is 0.590. The molecule has 0 heterocycles. The monoisotopic (exact) mass is 205 g/mol. The van der Waals surface area contributed by atoms with Gasteiger partial charge in [-0.25, -0.2) is 4.79 Å². The van der Waals surface area contributed by atoms with Crippen LogP contribution in [0.1, 0.15) is 0 Å². The molecule has 0 aromatic heterocycles. The molecule has 0 aromatic carbocycles. The number of carbonyl (C=O) groups excluding carboxylic acids is 1. The molecule has 0 aliphatic carbocycles. The Kier molecular flexibility index (Phi) is 20.1. The van der Waals surface area contributed by atoms with Gasteiger partial charge in [-0.2, -0.15) is 0 Å².